The zero-order valence-corrected chi connectivity index (χ0v) is 17.4. The quantitative estimate of drug-likeness (QED) is 0.567. The molecular weight excluding hydrogens is 378 g/mol. The minimum atomic E-state index is -0.0458. The van der Waals surface area contributed by atoms with Gasteiger partial charge in [0.05, 0.1) is 18.8 Å². The molecule has 3 aromatic rings. The monoisotopic (exact) mass is 407 g/mol. The van der Waals surface area contributed by atoms with Gasteiger partial charge in [0.2, 0.25) is 5.88 Å². The number of pyridine rings is 2. The van der Waals surface area contributed by atoms with E-state index in [2.05, 4.69) is 28.5 Å². The fourth-order valence-corrected chi connectivity index (χ4v) is 3.93. The second kappa shape index (κ2) is 9.71. The Kier molecular flexibility index (Phi) is 6.59. The number of fused-ring (bicyclic) bond motifs is 1. The van der Waals surface area contributed by atoms with Gasteiger partial charge in [-0.25, -0.2) is 9.97 Å². The normalized spacial score (nSPS) is 14.1. The van der Waals surface area contributed by atoms with Crippen molar-refractivity contribution >= 4 is 5.82 Å². The Morgan fingerprint density at radius 3 is 2.87 bits per heavy atom. The zero-order chi connectivity index (χ0) is 20.8. The van der Waals surface area contributed by atoms with E-state index in [1.807, 2.05) is 23.0 Å². The van der Waals surface area contributed by atoms with Crippen LogP contribution in [0, 0.1) is 0 Å². The maximum absolute atomic E-state index is 9.52. The molecule has 7 nitrogen and oxygen atoms in total. The molecular formula is C23H29N5O2. The molecule has 0 amide bonds. The maximum Gasteiger partial charge on any atom is 0.212 e. The van der Waals surface area contributed by atoms with Crippen LogP contribution < -0.4 is 10.1 Å². The van der Waals surface area contributed by atoms with Crippen LogP contribution in [-0.4, -0.2) is 45.1 Å². The lowest BCUT2D eigenvalue weighted by Crippen LogP contribution is -2.14. The van der Waals surface area contributed by atoms with Crippen LogP contribution in [0.3, 0.4) is 0 Å². The molecule has 3 aromatic heterocycles. The summed E-state index contributed by atoms with van der Waals surface area (Å²) in [5, 5.41) is 17.7. The van der Waals surface area contributed by atoms with E-state index >= 15 is 0 Å². The van der Waals surface area contributed by atoms with Gasteiger partial charge in [0, 0.05) is 37.3 Å². The van der Waals surface area contributed by atoms with E-state index in [1.54, 1.807) is 13.3 Å². The van der Waals surface area contributed by atoms with Crippen LogP contribution in [-0.2, 0) is 19.3 Å². The van der Waals surface area contributed by atoms with Crippen molar-refractivity contribution in [2.24, 2.45) is 0 Å². The number of nitrogens with zero attached hydrogens (tertiary/aromatic N) is 4. The summed E-state index contributed by atoms with van der Waals surface area (Å²) in [5.41, 5.74) is 4.51. The number of ether oxygens (including phenoxy) is 1. The van der Waals surface area contributed by atoms with Gasteiger partial charge in [-0.2, -0.15) is 5.10 Å². The molecule has 0 bridgehead atoms. The summed E-state index contributed by atoms with van der Waals surface area (Å²) in [6.45, 7) is 1.10. The number of methoxy groups -OCH3 is 1. The maximum atomic E-state index is 9.52. The fraction of sp³-hybridized carbons (Fsp3) is 0.435. The number of aliphatic hydroxyl groups excluding tert-OH is 1. The van der Waals surface area contributed by atoms with Crippen molar-refractivity contribution in [3.05, 3.63) is 65.2 Å². The van der Waals surface area contributed by atoms with Gasteiger partial charge >= 0.3 is 0 Å². The van der Waals surface area contributed by atoms with Gasteiger partial charge in [0.25, 0.3) is 0 Å². The van der Waals surface area contributed by atoms with Gasteiger partial charge < -0.3 is 15.2 Å². The zero-order valence-electron chi connectivity index (χ0n) is 17.4. The molecule has 0 radical (unpaired) electrons. The number of anilines is 1. The van der Waals surface area contributed by atoms with Crippen molar-refractivity contribution in [1.82, 2.24) is 19.7 Å². The molecule has 1 aliphatic heterocycles. The smallest absolute Gasteiger partial charge is 0.212 e. The summed E-state index contributed by atoms with van der Waals surface area (Å²) in [4.78, 5) is 9.06. The average Bonchev–Trinajstić information content (AvgIpc) is 3.26. The largest absolute Gasteiger partial charge is 0.481 e. The number of rotatable bonds is 9. The van der Waals surface area contributed by atoms with Gasteiger partial charge in [0.1, 0.15) is 5.82 Å². The molecule has 0 spiro atoms. The molecule has 1 atom stereocenters. The van der Waals surface area contributed by atoms with E-state index in [0.29, 0.717) is 12.3 Å². The van der Waals surface area contributed by atoms with Crippen LogP contribution in [0.1, 0.15) is 47.8 Å². The Bertz CT molecular complexity index is 954. The van der Waals surface area contributed by atoms with E-state index < -0.39 is 0 Å². The Hall–Kier alpha value is -2.93. The van der Waals surface area contributed by atoms with Gasteiger partial charge in [-0.15, -0.1) is 0 Å². The minimum Gasteiger partial charge on any atom is -0.481 e. The van der Waals surface area contributed by atoms with E-state index in [9.17, 15) is 5.11 Å². The minimum absolute atomic E-state index is 0.0458. The summed E-state index contributed by atoms with van der Waals surface area (Å²) in [6.07, 6.45) is 9.48. The SMILES string of the molecule is COc1ccc(C(CCO)n2ccc(CCCc3ccc4c(n3)NCCC4)n2)cn1. The summed E-state index contributed by atoms with van der Waals surface area (Å²) < 4.78 is 7.06. The Labute approximate surface area is 177 Å². The molecule has 4 heterocycles. The first-order valence-electron chi connectivity index (χ1n) is 10.6. The summed E-state index contributed by atoms with van der Waals surface area (Å²) in [6, 6.07) is 10.2. The second-order valence-corrected chi connectivity index (χ2v) is 7.64. The van der Waals surface area contributed by atoms with Crippen molar-refractivity contribution in [2.45, 2.75) is 44.6 Å². The Morgan fingerprint density at radius 1 is 1.17 bits per heavy atom. The third-order valence-electron chi connectivity index (χ3n) is 5.56. The first-order chi connectivity index (χ1) is 14.8. The molecule has 0 fully saturated rings. The molecule has 0 aliphatic carbocycles. The van der Waals surface area contributed by atoms with E-state index in [-0.39, 0.29) is 12.6 Å². The highest BCUT2D eigenvalue weighted by Gasteiger charge is 2.16. The molecule has 7 heteroatoms. The molecule has 2 N–H and O–H groups in total. The molecule has 158 valence electrons. The topological polar surface area (TPSA) is 85.1 Å². The van der Waals surface area contributed by atoms with Crippen LogP contribution in [0.25, 0.3) is 0 Å². The lowest BCUT2D eigenvalue weighted by molar-refractivity contribution is 0.263. The third kappa shape index (κ3) is 4.79. The highest BCUT2D eigenvalue weighted by atomic mass is 16.5. The highest BCUT2D eigenvalue weighted by Crippen LogP contribution is 2.23. The molecule has 1 aliphatic rings. The average molecular weight is 408 g/mol. The lowest BCUT2D eigenvalue weighted by atomic mass is 10.1. The number of aromatic nitrogens is 4. The predicted octanol–water partition coefficient (Wildman–Crippen LogP) is 3.19. The standard InChI is InChI=1S/C23H29N5O2/c1-30-22-10-8-18(16-25-22)21(12-15-29)28-14-11-20(27-28)6-2-5-19-9-7-17-4-3-13-24-23(17)26-19/h7-11,14,16,21,29H,2-6,12-13,15H2,1H3,(H,24,26). The van der Waals surface area contributed by atoms with E-state index in [0.717, 1.165) is 55.0 Å². The highest BCUT2D eigenvalue weighted by molar-refractivity contribution is 5.47. The second-order valence-electron chi connectivity index (χ2n) is 7.64. The third-order valence-corrected chi connectivity index (χ3v) is 5.56. The van der Waals surface area contributed by atoms with Crippen molar-refractivity contribution in [2.75, 3.05) is 25.6 Å². The Balaban J connectivity index is 1.37. The van der Waals surface area contributed by atoms with E-state index in [1.165, 1.54) is 12.0 Å². The molecule has 0 saturated carbocycles. The van der Waals surface area contributed by atoms with Crippen molar-refractivity contribution in [3.8, 4) is 5.88 Å². The van der Waals surface area contributed by atoms with Crippen LogP contribution in [0.4, 0.5) is 5.82 Å². The molecule has 0 saturated heterocycles. The molecule has 0 aromatic carbocycles. The Morgan fingerprint density at radius 2 is 2.07 bits per heavy atom. The van der Waals surface area contributed by atoms with Gasteiger partial charge in [-0.1, -0.05) is 6.07 Å². The summed E-state index contributed by atoms with van der Waals surface area (Å²) in [5.74, 6) is 1.64. The summed E-state index contributed by atoms with van der Waals surface area (Å²) >= 11 is 0. The number of hydrogen-bond acceptors (Lipinski definition) is 6. The lowest BCUT2D eigenvalue weighted by Gasteiger charge is -2.17. The van der Waals surface area contributed by atoms with Crippen molar-refractivity contribution in [3.63, 3.8) is 0 Å². The van der Waals surface area contributed by atoms with Crippen molar-refractivity contribution < 1.29 is 9.84 Å². The van der Waals surface area contributed by atoms with Crippen LogP contribution in [0.2, 0.25) is 0 Å². The van der Waals surface area contributed by atoms with Gasteiger partial charge in [-0.05, 0) is 67.9 Å². The van der Waals surface area contributed by atoms with Crippen LogP contribution in [0.15, 0.2) is 42.7 Å². The van der Waals surface area contributed by atoms with Crippen LogP contribution in [0.5, 0.6) is 5.88 Å². The van der Waals surface area contributed by atoms with Crippen molar-refractivity contribution in [1.29, 1.82) is 0 Å². The number of hydrogen-bond donors (Lipinski definition) is 2. The molecule has 1 unspecified atom stereocenters. The van der Waals surface area contributed by atoms with E-state index in [4.69, 9.17) is 14.8 Å². The van der Waals surface area contributed by atoms with Gasteiger partial charge in [0.15, 0.2) is 0 Å². The predicted molar refractivity (Wildman–Crippen MR) is 116 cm³/mol. The molecule has 30 heavy (non-hydrogen) atoms. The first kappa shape index (κ1) is 20.3. The number of aryl methyl sites for hydroxylation is 3. The number of aliphatic hydroxyl groups is 1. The summed E-state index contributed by atoms with van der Waals surface area (Å²) in [7, 11) is 1.60. The fourth-order valence-electron chi connectivity index (χ4n) is 3.93. The first-order valence-corrected chi connectivity index (χ1v) is 10.6. The van der Waals surface area contributed by atoms with Crippen LogP contribution >= 0.6 is 0 Å². The molecule has 4 rings (SSSR count). The number of nitrogens with one attached hydrogen (secondary N) is 1. The van der Waals surface area contributed by atoms with Gasteiger partial charge in [-0.3, -0.25) is 4.68 Å².